The average molecular weight is 176 g/mol. The number of aromatic amines is 1. The first-order chi connectivity index (χ1) is 6.20. The highest BCUT2D eigenvalue weighted by molar-refractivity contribution is 5.70. The molecule has 0 aliphatic carbocycles. The van der Waals surface area contributed by atoms with Crippen LogP contribution in [0.5, 0.6) is 0 Å². The van der Waals surface area contributed by atoms with Gasteiger partial charge >= 0.3 is 0 Å². The Kier molecular flexibility index (Phi) is 3.07. The van der Waals surface area contributed by atoms with Crippen LogP contribution in [0.3, 0.4) is 0 Å². The summed E-state index contributed by atoms with van der Waals surface area (Å²) >= 11 is 0. The third-order valence-corrected chi connectivity index (χ3v) is 2.29. The van der Waals surface area contributed by atoms with Gasteiger partial charge in [0.05, 0.1) is 6.20 Å². The van der Waals surface area contributed by atoms with Gasteiger partial charge in [0.1, 0.15) is 0 Å². The van der Waals surface area contributed by atoms with Crippen LogP contribution in [-0.4, -0.2) is 10.2 Å². The number of hydrogen-bond donors (Lipinski definition) is 1. The van der Waals surface area contributed by atoms with Crippen molar-refractivity contribution in [3.8, 4) is 0 Å². The van der Waals surface area contributed by atoms with Crippen molar-refractivity contribution in [2.75, 3.05) is 0 Å². The van der Waals surface area contributed by atoms with Crippen LogP contribution in [0.2, 0.25) is 0 Å². The molecule has 0 amide bonds. The molecule has 1 N–H and O–H groups in total. The lowest BCUT2D eigenvalue weighted by Gasteiger charge is -2.05. The lowest BCUT2D eigenvalue weighted by molar-refractivity contribution is 1.05. The maximum absolute atomic E-state index is 4.01. The largest absolute Gasteiger partial charge is 0.282 e. The van der Waals surface area contributed by atoms with E-state index in [2.05, 4.69) is 30.6 Å². The van der Waals surface area contributed by atoms with Crippen LogP contribution < -0.4 is 0 Å². The molecule has 0 radical (unpaired) electrons. The van der Waals surface area contributed by atoms with Crippen molar-refractivity contribution in [1.82, 2.24) is 10.2 Å². The highest BCUT2D eigenvalue weighted by Crippen LogP contribution is 2.23. The fraction of sp³-hybridized carbons (Fsp3) is 0.364. The predicted molar refractivity (Wildman–Crippen MR) is 56.4 cm³/mol. The van der Waals surface area contributed by atoms with Crippen molar-refractivity contribution < 1.29 is 0 Å². The summed E-state index contributed by atoms with van der Waals surface area (Å²) in [5, 5.41) is 6.96. The molecule has 0 aliphatic heterocycles. The van der Waals surface area contributed by atoms with Gasteiger partial charge in [-0.15, -0.1) is 0 Å². The number of hydrogen-bond acceptors (Lipinski definition) is 1. The molecule has 13 heavy (non-hydrogen) atoms. The molecule has 0 bridgehead atoms. The van der Waals surface area contributed by atoms with Crippen LogP contribution in [0.1, 0.15) is 31.5 Å². The first kappa shape index (κ1) is 9.78. The SMILES string of the molecule is C=C/C(C)=C(/CC)c1cn[nH]c1C. The van der Waals surface area contributed by atoms with Gasteiger partial charge in [-0.25, -0.2) is 0 Å². The van der Waals surface area contributed by atoms with Gasteiger partial charge in [0.15, 0.2) is 0 Å². The van der Waals surface area contributed by atoms with Crippen LogP contribution >= 0.6 is 0 Å². The van der Waals surface area contributed by atoms with Crippen molar-refractivity contribution in [1.29, 1.82) is 0 Å². The minimum atomic E-state index is 1.01. The zero-order chi connectivity index (χ0) is 9.84. The van der Waals surface area contributed by atoms with Gasteiger partial charge in [0.25, 0.3) is 0 Å². The first-order valence-electron chi connectivity index (χ1n) is 4.53. The number of aryl methyl sites for hydroxylation is 1. The second kappa shape index (κ2) is 4.08. The summed E-state index contributed by atoms with van der Waals surface area (Å²) in [5.74, 6) is 0. The molecule has 0 atom stereocenters. The minimum absolute atomic E-state index is 1.01. The van der Waals surface area contributed by atoms with E-state index in [1.54, 1.807) is 0 Å². The Bertz CT molecular complexity index is 332. The minimum Gasteiger partial charge on any atom is -0.282 e. The summed E-state index contributed by atoms with van der Waals surface area (Å²) in [5.41, 5.74) is 4.88. The summed E-state index contributed by atoms with van der Waals surface area (Å²) < 4.78 is 0. The number of H-pyrrole nitrogens is 1. The lowest BCUT2D eigenvalue weighted by atomic mass is 9.99. The maximum atomic E-state index is 4.01. The van der Waals surface area contributed by atoms with Gasteiger partial charge in [0, 0.05) is 11.3 Å². The van der Waals surface area contributed by atoms with Crippen molar-refractivity contribution >= 4 is 5.57 Å². The van der Waals surface area contributed by atoms with Crippen molar-refractivity contribution in [3.63, 3.8) is 0 Å². The molecule has 1 aromatic heterocycles. The van der Waals surface area contributed by atoms with E-state index >= 15 is 0 Å². The Labute approximate surface area is 79.4 Å². The lowest BCUT2D eigenvalue weighted by Crippen LogP contribution is -1.87. The molecule has 70 valence electrons. The van der Waals surface area contributed by atoms with E-state index in [4.69, 9.17) is 0 Å². The van der Waals surface area contributed by atoms with Crippen LogP contribution in [0.15, 0.2) is 24.4 Å². The summed E-state index contributed by atoms with van der Waals surface area (Å²) in [6.07, 6.45) is 4.78. The Morgan fingerprint density at radius 1 is 1.69 bits per heavy atom. The molecule has 1 rings (SSSR count). The zero-order valence-corrected chi connectivity index (χ0v) is 8.52. The van der Waals surface area contributed by atoms with Crippen LogP contribution in [0.25, 0.3) is 5.57 Å². The zero-order valence-electron chi connectivity index (χ0n) is 8.52. The molecule has 0 unspecified atom stereocenters. The molecule has 0 aromatic carbocycles. The number of aromatic nitrogens is 2. The van der Waals surface area contributed by atoms with Gasteiger partial charge < -0.3 is 0 Å². The van der Waals surface area contributed by atoms with Crippen LogP contribution in [-0.2, 0) is 0 Å². The summed E-state index contributed by atoms with van der Waals surface area (Å²) in [4.78, 5) is 0. The second-order valence-electron chi connectivity index (χ2n) is 3.13. The van der Waals surface area contributed by atoms with Gasteiger partial charge in [-0.1, -0.05) is 19.6 Å². The number of nitrogens with zero attached hydrogens (tertiary/aromatic N) is 1. The quantitative estimate of drug-likeness (QED) is 0.704. The molecule has 0 aliphatic rings. The van der Waals surface area contributed by atoms with Gasteiger partial charge in [-0.2, -0.15) is 5.10 Å². The Morgan fingerprint density at radius 3 is 2.77 bits per heavy atom. The van der Waals surface area contributed by atoms with Crippen LogP contribution in [0.4, 0.5) is 0 Å². The summed E-state index contributed by atoms with van der Waals surface area (Å²) in [7, 11) is 0. The smallest absolute Gasteiger partial charge is 0.0565 e. The van der Waals surface area contributed by atoms with E-state index < -0.39 is 0 Å². The molecule has 1 aromatic rings. The van der Waals surface area contributed by atoms with Crippen molar-refractivity contribution in [3.05, 3.63) is 35.7 Å². The average Bonchev–Trinajstić information content (AvgIpc) is 2.53. The Hall–Kier alpha value is -1.31. The second-order valence-corrected chi connectivity index (χ2v) is 3.13. The molecule has 0 saturated heterocycles. The van der Waals surface area contributed by atoms with Gasteiger partial charge in [0.2, 0.25) is 0 Å². The summed E-state index contributed by atoms with van der Waals surface area (Å²) in [6.45, 7) is 10.0. The topological polar surface area (TPSA) is 28.7 Å². The Balaban J connectivity index is 3.19. The predicted octanol–water partition coefficient (Wildman–Crippen LogP) is 3.09. The third kappa shape index (κ3) is 1.89. The number of allylic oxidation sites excluding steroid dienone is 3. The standard InChI is InChI=1S/C11H16N2/c1-5-8(3)10(6-2)11-7-12-13-9(11)4/h5,7H,1,6H2,2-4H3,(H,12,13)/b10-8-. The molecule has 2 nitrogen and oxygen atoms in total. The Morgan fingerprint density at radius 2 is 2.38 bits per heavy atom. The highest BCUT2D eigenvalue weighted by Gasteiger charge is 2.06. The van der Waals surface area contributed by atoms with E-state index in [0.29, 0.717) is 0 Å². The molecular weight excluding hydrogens is 160 g/mol. The maximum Gasteiger partial charge on any atom is 0.0565 e. The van der Waals surface area contributed by atoms with Gasteiger partial charge in [-0.05, 0) is 31.4 Å². The van der Waals surface area contributed by atoms with Gasteiger partial charge in [-0.3, -0.25) is 5.10 Å². The van der Waals surface area contributed by atoms with E-state index in [1.807, 2.05) is 19.2 Å². The monoisotopic (exact) mass is 176 g/mol. The van der Waals surface area contributed by atoms with E-state index in [9.17, 15) is 0 Å². The van der Waals surface area contributed by atoms with E-state index in [-0.39, 0.29) is 0 Å². The normalized spacial score (nSPS) is 12.5. The first-order valence-corrected chi connectivity index (χ1v) is 4.53. The fourth-order valence-electron chi connectivity index (χ4n) is 1.46. The summed E-state index contributed by atoms with van der Waals surface area (Å²) in [6, 6.07) is 0. The van der Waals surface area contributed by atoms with Crippen molar-refractivity contribution in [2.24, 2.45) is 0 Å². The fourth-order valence-corrected chi connectivity index (χ4v) is 1.46. The molecule has 0 saturated carbocycles. The molecule has 0 fully saturated rings. The van der Waals surface area contributed by atoms with Crippen molar-refractivity contribution in [2.45, 2.75) is 27.2 Å². The number of rotatable bonds is 3. The van der Waals surface area contributed by atoms with E-state index in [0.717, 1.165) is 12.1 Å². The highest BCUT2D eigenvalue weighted by atomic mass is 15.1. The van der Waals surface area contributed by atoms with Crippen LogP contribution in [0, 0.1) is 6.92 Å². The third-order valence-electron chi connectivity index (χ3n) is 2.29. The molecular formula is C11H16N2. The molecule has 0 spiro atoms. The molecule has 2 heteroatoms. The molecule has 1 heterocycles. The van der Waals surface area contributed by atoms with E-state index in [1.165, 1.54) is 16.7 Å². The number of nitrogens with one attached hydrogen (secondary N) is 1.